The molecule has 29 heavy (non-hydrogen) atoms. The molecule has 0 saturated heterocycles. The third kappa shape index (κ3) is 8.00. The zero-order valence-corrected chi connectivity index (χ0v) is 16.8. The number of benzene rings is 1. The van der Waals surface area contributed by atoms with Crippen LogP contribution in [0.25, 0.3) is 0 Å². The first-order chi connectivity index (χ1) is 13.8. The average molecular weight is 406 g/mol. The molecule has 1 aliphatic rings. The van der Waals surface area contributed by atoms with Gasteiger partial charge in [-0.25, -0.2) is 0 Å². The summed E-state index contributed by atoms with van der Waals surface area (Å²) in [5, 5.41) is 31.9. The van der Waals surface area contributed by atoms with E-state index in [0.717, 1.165) is 11.1 Å². The van der Waals surface area contributed by atoms with Crippen molar-refractivity contribution in [1.82, 2.24) is 20.0 Å². The smallest absolute Gasteiger partial charge is 0.323 e. The number of nitrogens with zero attached hydrogens (tertiary/aromatic N) is 3. The van der Waals surface area contributed by atoms with Gasteiger partial charge in [0, 0.05) is 63.8 Å². The molecule has 0 aliphatic carbocycles. The van der Waals surface area contributed by atoms with E-state index in [1.54, 1.807) is 11.1 Å². The lowest BCUT2D eigenvalue weighted by Gasteiger charge is -2.28. The van der Waals surface area contributed by atoms with Crippen molar-refractivity contribution in [2.75, 3.05) is 52.4 Å². The number of carboxylic acids is 2. The Morgan fingerprint density at radius 3 is 2.38 bits per heavy atom. The topological polar surface area (TPSA) is 117 Å². The van der Waals surface area contributed by atoms with Crippen molar-refractivity contribution in [2.24, 2.45) is 0 Å². The maximum Gasteiger partial charge on any atom is 0.323 e. The molecule has 0 atom stereocenters. The molecule has 160 valence electrons. The number of hydrogen-bond acceptors (Lipinski definition) is 7. The second kappa shape index (κ2) is 11.3. The molecule has 1 aliphatic heterocycles. The summed E-state index contributed by atoms with van der Waals surface area (Å²) in [5.41, 5.74) is 1.55. The van der Waals surface area contributed by atoms with Gasteiger partial charge in [-0.15, -0.1) is 0 Å². The van der Waals surface area contributed by atoms with Crippen molar-refractivity contribution >= 4 is 11.9 Å². The highest BCUT2D eigenvalue weighted by atomic mass is 16.4. The Labute approximate surface area is 170 Å². The van der Waals surface area contributed by atoms with Gasteiger partial charge in [0.2, 0.25) is 0 Å². The normalized spacial score (nSPS) is 18.0. The lowest BCUT2D eigenvalue weighted by atomic mass is 10.1. The maximum absolute atomic E-state index is 11.2. The predicted octanol–water partition coefficient (Wildman–Crippen LogP) is 0.350. The number of carbonyl (C=O) groups is 2. The number of hydrogen-bond donors (Lipinski definition) is 4. The highest BCUT2D eigenvalue weighted by Gasteiger charge is 2.14. The van der Waals surface area contributed by atoms with Crippen LogP contribution in [-0.4, -0.2) is 94.3 Å². The van der Waals surface area contributed by atoms with E-state index in [9.17, 15) is 14.7 Å². The van der Waals surface area contributed by atoms with E-state index in [1.165, 1.54) is 0 Å². The fraction of sp³-hybridized carbons (Fsp3) is 0.500. The van der Waals surface area contributed by atoms with Crippen molar-refractivity contribution in [3.05, 3.63) is 41.7 Å². The molecule has 0 aromatic heterocycles. The average Bonchev–Trinajstić information content (AvgIpc) is 2.64. The second-order valence-corrected chi connectivity index (χ2v) is 7.14. The molecule has 0 radical (unpaired) electrons. The van der Waals surface area contributed by atoms with Crippen LogP contribution in [0.1, 0.15) is 11.1 Å². The van der Waals surface area contributed by atoms with Gasteiger partial charge in [-0.3, -0.25) is 14.5 Å². The molecule has 0 spiro atoms. The molecule has 0 fully saturated rings. The quantitative estimate of drug-likeness (QED) is 0.531. The molecule has 0 amide bonds. The third-order valence-corrected chi connectivity index (χ3v) is 4.76. The Morgan fingerprint density at radius 2 is 1.66 bits per heavy atom. The van der Waals surface area contributed by atoms with Crippen molar-refractivity contribution in [2.45, 2.75) is 13.5 Å². The molecule has 0 unspecified atom stereocenters. The Kier molecular flexibility index (Phi) is 8.75. The van der Waals surface area contributed by atoms with Crippen LogP contribution >= 0.6 is 0 Å². The van der Waals surface area contributed by atoms with Gasteiger partial charge in [-0.05, 0) is 12.5 Å². The standard InChI is InChI=1S/C20H30N4O5/c1-16-3-2-4-17(20(16)29)13-24-11-9-22(14-18(25)26)7-5-21-6-8-23(10-12-24)15-19(27)28/h2-4,9,11,21,29H,5-8,10,12-15H2,1H3,(H,25,26)(H,27,28)/b11-9-. The monoisotopic (exact) mass is 406 g/mol. The number of rotatable bonds is 6. The molecule has 0 saturated carbocycles. The van der Waals surface area contributed by atoms with Crippen LogP contribution < -0.4 is 5.32 Å². The first kappa shape index (κ1) is 22.5. The molecule has 1 heterocycles. The lowest BCUT2D eigenvalue weighted by Crippen LogP contribution is -2.42. The summed E-state index contributed by atoms with van der Waals surface area (Å²) in [6, 6.07) is 5.56. The Morgan fingerprint density at radius 1 is 0.966 bits per heavy atom. The van der Waals surface area contributed by atoms with Gasteiger partial charge in [0.15, 0.2) is 0 Å². The summed E-state index contributed by atoms with van der Waals surface area (Å²) in [6.07, 6.45) is 3.55. The van der Waals surface area contributed by atoms with E-state index in [0.29, 0.717) is 45.8 Å². The second-order valence-electron chi connectivity index (χ2n) is 7.14. The molecule has 2 rings (SSSR count). The predicted molar refractivity (Wildman–Crippen MR) is 109 cm³/mol. The largest absolute Gasteiger partial charge is 0.507 e. The van der Waals surface area contributed by atoms with E-state index in [-0.39, 0.29) is 18.8 Å². The number of phenols is 1. The van der Waals surface area contributed by atoms with Crippen molar-refractivity contribution in [3.63, 3.8) is 0 Å². The van der Waals surface area contributed by atoms with E-state index in [2.05, 4.69) is 5.32 Å². The summed E-state index contributed by atoms with van der Waals surface area (Å²) >= 11 is 0. The number of para-hydroxylation sites is 1. The third-order valence-electron chi connectivity index (χ3n) is 4.76. The van der Waals surface area contributed by atoms with Crippen molar-refractivity contribution < 1.29 is 24.9 Å². The summed E-state index contributed by atoms with van der Waals surface area (Å²) in [6.45, 7) is 5.51. The van der Waals surface area contributed by atoms with Crippen molar-refractivity contribution in [3.8, 4) is 5.75 Å². The molecule has 0 bridgehead atoms. The minimum atomic E-state index is -0.905. The van der Waals surface area contributed by atoms with E-state index >= 15 is 0 Å². The first-order valence-electron chi connectivity index (χ1n) is 9.65. The summed E-state index contributed by atoms with van der Waals surface area (Å²) in [4.78, 5) is 27.8. The maximum atomic E-state index is 11.2. The fourth-order valence-electron chi connectivity index (χ4n) is 3.16. The van der Waals surface area contributed by atoms with E-state index in [4.69, 9.17) is 10.2 Å². The van der Waals surface area contributed by atoms with Gasteiger partial charge in [0.1, 0.15) is 12.3 Å². The summed E-state index contributed by atoms with van der Waals surface area (Å²) < 4.78 is 0. The SMILES string of the molecule is Cc1cccc(CN2/C=C\N(CC(=O)O)CCNCCN(CC(=O)O)CC2)c1O. The van der Waals surface area contributed by atoms with Crippen LogP contribution in [0.15, 0.2) is 30.6 Å². The Hall–Kier alpha value is -2.78. The Bertz CT molecular complexity index is 725. The first-order valence-corrected chi connectivity index (χ1v) is 9.65. The number of aromatic hydroxyl groups is 1. The van der Waals surface area contributed by atoms with Gasteiger partial charge >= 0.3 is 11.9 Å². The fourth-order valence-corrected chi connectivity index (χ4v) is 3.16. The lowest BCUT2D eigenvalue weighted by molar-refractivity contribution is -0.139. The highest BCUT2D eigenvalue weighted by molar-refractivity contribution is 5.69. The van der Waals surface area contributed by atoms with Crippen LogP contribution in [0.3, 0.4) is 0 Å². The molecule has 9 nitrogen and oxygen atoms in total. The molecule has 1 aromatic carbocycles. The van der Waals surface area contributed by atoms with Gasteiger partial charge in [0.25, 0.3) is 0 Å². The highest BCUT2D eigenvalue weighted by Crippen LogP contribution is 2.23. The van der Waals surface area contributed by atoms with E-state index in [1.807, 2.05) is 41.1 Å². The molecule has 9 heteroatoms. The van der Waals surface area contributed by atoms with Crippen LogP contribution in [0.5, 0.6) is 5.75 Å². The molecular formula is C20H30N4O5. The number of carboxylic acid groups (broad SMARTS) is 2. The van der Waals surface area contributed by atoms with Gasteiger partial charge in [-0.1, -0.05) is 18.2 Å². The van der Waals surface area contributed by atoms with Crippen LogP contribution in [0, 0.1) is 6.92 Å². The molecular weight excluding hydrogens is 376 g/mol. The van der Waals surface area contributed by atoms with Crippen LogP contribution in [-0.2, 0) is 16.1 Å². The van der Waals surface area contributed by atoms with Gasteiger partial charge < -0.3 is 30.4 Å². The number of aliphatic carboxylic acids is 2. The zero-order chi connectivity index (χ0) is 21.2. The Balaban J connectivity index is 2.19. The minimum absolute atomic E-state index is 0.0416. The molecule has 1 aromatic rings. The summed E-state index contributed by atoms with van der Waals surface area (Å²) in [5.74, 6) is -1.54. The number of phenolic OH excluding ortho intramolecular Hbond substituents is 1. The number of aryl methyl sites for hydroxylation is 1. The number of nitrogens with one attached hydrogen (secondary N) is 1. The van der Waals surface area contributed by atoms with Crippen LogP contribution in [0.4, 0.5) is 0 Å². The van der Waals surface area contributed by atoms with Gasteiger partial charge in [0.05, 0.1) is 6.54 Å². The van der Waals surface area contributed by atoms with Gasteiger partial charge in [-0.2, -0.15) is 0 Å². The van der Waals surface area contributed by atoms with Crippen LogP contribution in [0.2, 0.25) is 0 Å². The van der Waals surface area contributed by atoms with Crippen molar-refractivity contribution in [1.29, 1.82) is 0 Å². The summed E-state index contributed by atoms with van der Waals surface area (Å²) in [7, 11) is 0. The molecule has 4 N–H and O–H groups in total. The minimum Gasteiger partial charge on any atom is -0.507 e. The van der Waals surface area contributed by atoms with E-state index < -0.39 is 11.9 Å². The zero-order valence-electron chi connectivity index (χ0n) is 16.8.